The number of hydrogen-bond acceptors (Lipinski definition) is 3. The number of halogens is 1. The molecule has 114 valence electrons. The van der Waals surface area contributed by atoms with E-state index in [2.05, 4.69) is 35.8 Å². The zero-order valence-corrected chi connectivity index (χ0v) is 14.5. The van der Waals surface area contributed by atoms with Crippen molar-refractivity contribution in [3.63, 3.8) is 0 Å². The molecule has 1 aromatic carbocycles. The van der Waals surface area contributed by atoms with Gasteiger partial charge in [0.2, 0.25) is 0 Å². The topological polar surface area (TPSA) is 53.2 Å². The van der Waals surface area contributed by atoms with Gasteiger partial charge in [0.1, 0.15) is 11.9 Å². The molecule has 1 fully saturated rings. The van der Waals surface area contributed by atoms with Crippen LogP contribution in [0.25, 0.3) is 0 Å². The molecule has 0 N–H and O–H groups in total. The van der Waals surface area contributed by atoms with Gasteiger partial charge in [-0.25, -0.2) is 0 Å². The maximum Gasteiger partial charge on any atom is 0.142 e. The van der Waals surface area contributed by atoms with Crippen molar-refractivity contribution in [3.8, 4) is 6.07 Å². The summed E-state index contributed by atoms with van der Waals surface area (Å²) in [7, 11) is 0. The van der Waals surface area contributed by atoms with E-state index in [-0.39, 0.29) is 17.4 Å². The van der Waals surface area contributed by atoms with Crippen LogP contribution in [-0.2, 0) is 4.79 Å². The third kappa shape index (κ3) is 2.87. The van der Waals surface area contributed by atoms with Crippen LogP contribution in [0.3, 0.4) is 0 Å². The van der Waals surface area contributed by atoms with E-state index in [1.165, 1.54) is 0 Å². The number of benzene rings is 1. The molecule has 22 heavy (non-hydrogen) atoms. The molecule has 1 aliphatic carbocycles. The van der Waals surface area contributed by atoms with Gasteiger partial charge in [-0.15, -0.1) is 0 Å². The Kier molecular flexibility index (Phi) is 3.94. The van der Waals surface area contributed by atoms with Crippen molar-refractivity contribution in [1.82, 2.24) is 0 Å². The van der Waals surface area contributed by atoms with Crippen molar-refractivity contribution < 1.29 is 4.79 Å². The second kappa shape index (κ2) is 5.62. The molecule has 0 aromatic heterocycles. The van der Waals surface area contributed by atoms with E-state index in [4.69, 9.17) is 10.3 Å². The van der Waals surface area contributed by atoms with Crippen LogP contribution in [-0.4, -0.2) is 11.5 Å². The van der Waals surface area contributed by atoms with Gasteiger partial charge in [-0.05, 0) is 58.3 Å². The molecule has 1 heterocycles. The summed E-state index contributed by atoms with van der Waals surface area (Å²) in [6.07, 6.45) is 3.38. The van der Waals surface area contributed by atoms with Crippen molar-refractivity contribution in [1.29, 1.82) is 5.26 Å². The Labute approximate surface area is 139 Å². The highest BCUT2D eigenvalue weighted by Crippen LogP contribution is 2.41. The highest BCUT2D eigenvalue weighted by atomic mass is 79.9. The van der Waals surface area contributed by atoms with Crippen LogP contribution in [0.2, 0.25) is 0 Å². The molecular weight excluding hydrogens is 340 g/mol. The number of carbonyl (C=O) groups is 1. The van der Waals surface area contributed by atoms with Crippen LogP contribution < -0.4 is 0 Å². The lowest BCUT2D eigenvalue weighted by molar-refractivity contribution is -0.124. The molecule has 3 rings (SSSR count). The Balaban J connectivity index is 1.91. The smallest absolute Gasteiger partial charge is 0.142 e. The van der Waals surface area contributed by atoms with Gasteiger partial charge < -0.3 is 0 Å². The van der Waals surface area contributed by atoms with Crippen molar-refractivity contribution in [3.05, 3.63) is 33.8 Å². The normalized spacial score (nSPS) is 26.8. The van der Waals surface area contributed by atoms with Gasteiger partial charge in [-0.3, -0.25) is 9.79 Å². The first-order chi connectivity index (χ1) is 10.4. The molecular formula is C18H19BrN2O. The van der Waals surface area contributed by atoms with Crippen LogP contribution in [0.5, 0.6) is 0 Å². The zero-order valence-electron chi connectivity index (χ0n) is 12.9. The third-order valence-electron chi connectivity index (χ3n) is 4.65. The fourth-order valence-electron chi connectivity index (χ4n) is 3.58. The van der Waals surface area contributed by atoms with Gasteiger partial charge in [0.15, 0.2) is 0 Å². The van der Waals surface area contributed by atoms with Crippen LogP contribution >= 0.6 is 15.9 Å². The van der Waals surface area contributed by atoms with Gasteiger partial charge in [0.05, 0.1) is 17.5 Å². The van der Waals surface area contributed by atoms with Gasteiger partial charge in [0.25, 0.3) is 0 Å². The standard InChI is InChI=1S/C18H19BrN2O/c1-18(2)8-16-13(17(22)9-18)5-6-15(21-16)11-3-4-12(10-20)14(19)7-11/h3-4,7,13,15H,5-6,8-9H2,1-2H3. The predicted molar refractivity (Wildman–Crippen MR) is 89.8 cm³/mol. The molecule has 2 aliphatic rings. The van der Waals surface area contributed by atoms with Gasteiger partial charge >= 0.3 is 0 Å². The predicted octanol–water partition coefficient (Wildman–Crippen LogP) is 4.60. The molecule has 0 saturated heterocycles. The molecule has 0 amide bonds. The summed E-state index contributed by atoms with van der Waals surface area (Å²) in [6, 6.07) is 8.07. The number of rotatable bonds is 1. The van der Waals surface area contributed by atoms with E-state index < -0.39 is 0 Å². The first-order valence-electron chi connectivity index (χ1n) is 7.68. The molecule has 4 heteroatoms. The average molecular weight is 359 g/mol. The number of carbonyl (C=O) groups excluding carboxylic acids is 1. The van der Waals surface area contributed by atoms with E-state index in [1.54, 1.807) is 0 Å². The molecule has 1 aliphatic heterocycles. The van der Waals surface area contributed by atoms with E-state index in [1.807, 2.05) is 18.2 Å². The SMILES string of the molecule is CC1(C)CC(=O)C2CCC(c3ccc(C#N)c(Br)c3)N=C2C1. The summed E-state index contributed by atoms with van der Waals surface area (Å²) in [4.78, 5) is 17.2. The third-order valence-corrected chi connectivity index (χ3v) is 5.31. The number of ketones is 1. The van der Waals surface area contributed by atoms with E-state index in [0.29, 0.717) is 17.8 Å². The minimum Gasteiger partial charge on any atom is -0.299 e. The van der Waals surface area contributed by atoms with E-state index in [0.717, 1.165) is 35.0 Å². The molecule has 1 saturated carbocycles. The highest BCUT2D eigenvalue weighted by molar-refractivity contribution is 9.10. The number of Topliss-reactive ketones (excluding diaryl/α,β-unsaturated/α-hetero) is 1. The largest absolute Gasteiger partial charge is 0.299 e. The number of hydrogen-bond donors (Lipinski definition) is 0. The molecule has 2 atom stereocenters. The minimum absolute atomic E-state index is 0.0273. The van der Waals surface area contributed by atoms with Crippen molar-refractivity contribution in [2.45, 2.75) is 45.6 Å². The fraction of sp³-hybridized carbons (Fsp3) is 0.500. The molecule has 3 nitrogen and oxygen atoms in total. The van der Waals surface area contributed by atoms with E-state index >= 15 is 0 Å². The van der Waals surface area contributed by atoms with E-state index in [9.17, 15) is 4.79 Å². The lowest BCUT2D eigenvalue weighted by Gasteiger charge is -2.38. The number of nitriles is 1. The van der Waals surface area contributed by atoms with Gasteiger partial charge in [-0.1, -0.05) is 19.9 Å². The summed E-state index contributed by atoms with van der Waals surface area (Å²) < 4.78 is 0.815. The Morgan fingerprint density at radius 1 is 1.32 bits per heavy atom. The number of fused-ring (bicyclic) bond motifs is 1. The molecule has 0 radical (unpaired) electrons. The fourth-order valence-corrected chi connectivity index (χ4v) is 4.06. The first kappa shape index (κ1) is 15.4. The Hall–Kier alpha value is -1.47. The minimum atomic E-state index is 0.0273. The van der Waals surface area contributed by atoms with Gasteiger partial charge in [0, 0.05) is 16.6 Å². The number of aliphatic imine (C=N–C) groups is 1. The van der Waals surface area contributed by atoms with Crippen molar-refractivity contribution >= 4 is 27.4 Å². The van der Waals surface area contributed by atoms with Crippen LogP contribution in [0.1, 0.15) is 56.7 Å². The van der Waals surface area contributed by atoms with Gasteiger partial charge in [-0.2, -0.15) is 5.26 Å². The van der Waals surface area contributed by atoms with Crippen molar-refractivity contribution in [2.24, 2.45) is 16.3 Å². The molecule has 1 aromatic rings. The summed E-state index contributed by atoms with van der Waals surface area (Å²) in [5, 5.41) is 9.02. The van der Waals surface area contributed by atoms with Crippen LogP contribution in [0, 0.1) is 22.7 Å². The monoisotopic (exact) mass is 358 g/mol. The summed E-state index contributed by atoms with van der Waals surface area (Å²) in [5.74, 6) is 0.403. The quantitative estimate of drug-likeness (QED) is 0.736. The Morgan fingerprint density at radius 3 is 2.77 bits per heavy atom. The lowest BCUT2D eigenvalue weighted by Crippen LogP contribution is -2.39. The Morgan fingerprint density at radius 2 is 2.09 bits per heavy atom. The summed E-state index contributed by atoms with van der Waals surface area (Å²) >= 11 is 3.45. The van der Waals surface area contributed by atoms with Crippen molar-refractivity contribution in [2.75, 3.05) is 0 Å². The zero-order chi connectivity index (χ0) is 15.9. The first-order valence-corrected chi connectivity index (χ1v) is 8.48. The summed E-state index contributed by atoms with van der Waals surface area (Å²) in [5.41, 5.74) is 2.87. The second-order valence-corrected chi connectivity index (χ2v) is 7.96. The highest BCUT2D eigenvalue weighted by Gasteiger charge is 2.40. The Bertz CT molecular complexity index is 700. The lowest BCUT2D eigenvalue weighted by atomic mass is 9.68. The number of nitrogens with zero attached hydrogens (tertiary/aromatic N) is 2. The maximum atomic E-state index is 12.3. The van der Waals surface area contributed by atoms with Crippen LogP contribution in [0.15, 0.2) is 27.7 Å². The average Bonchev–Trinajstić information content (AvgIpc) is 2.45. The van der Waals surface area contributed by atoms with Crippen LogP contribution in [0.4, 0.5) is 0 Å². The second-order valence-electron chi connectivity index (χ2n) is 7.10. The maximum absolute atomic E-state index is 12.3. The summed E-state index contributed by atoms with van der Waals surface area (Å²) in [6.45, 7) is 4.29. The molecule has 2 unspecified atom stereocenters. The molecule has 0 spiro atoms. The molecule has 0 bridgehead atoms.